The minimum Gasteiger partial charge on any atom is -0.465 e. The molecule has 0 spiro atoms. The van der Waals surface area contributed by atoms with Crippen LogP contribution in [0.2, 0.25) is 0 Å². The topological polar surface area (TPSA) is 114 Å². The Kier molecular flexibility index (Phi) is 10.7. The fourth-order valence-corrected chi connectivity index (χ4v) is 4.80. The second kappa shape index (κ2) is 13.9. The molecule has 37 heavy (non-hydrogen) atoms. The number of carbonyl (C=O) groups excluding carboxylic acids is 2. The molecule has 2 aliphatic rings. The quantitative estimate of drug-likeness (QED) is 0.268. The smallest absolute Gasteiger partial charge is 0.320 e. The van der Waals surface area contributed by atoms with Crippen molar-refractivity contribution in [2.24, 2.45) is 0 Å². The maximum atomic E-state index is 12.3. The van der Waals surface area contributed by atoms with Crippen molar-refractivity contribution in [1.82, 2.24) is 25.1 Å². The number of hydrogen-bond acceptors (Lipinski definition) is 7. The summed E-state index contributed by atoms with van der Waals surface area (Å²) in [4.78, 5) is 35.5. The van der Waals surface area contributed by atoms with Crippen LogP contribution < -0.4 is 5.32 Å². The van der Waals surface area contributed by atoms with Gasteiger partial charge in [0.25, 0.3) is 5.91 Å². The lowest BCUT2D eigenvalue weighted by Crippen LogP contribution is -2.55. The van der Waals surface area contributed by atoms with Crippen molar-refractivity contribution in [2.75, 3.05) is 45.9 Å². The molecule has 2 heterocycles. The summed E-state index contributed by atoms with van der Waals surface area (Å²) in [5, 5.41) is 11.7. The van der Waals surface area contributed by atoms with Crippen LogP contribution >= 0.6 is 0 Å². The first kappa shape index (κ1) is 28.4. The van der Waals surface area contributed by atoms with Gasteiger partial charge in [0.1, 0.15) is 11.8 Å². The molecule has 1 aromatic heterocycles. The van der Waals surface area contributed by atoms with E-state index in [-0.39, 0.29) is 28.9 Å². The molecule has 3 rings (SSSR count). The van der Waals surface area contributed by atoms with E-state index in [1.807, 2.05) is 19.1 Å². The Morgan fingerprint density at radius 1 is 1.27 bits per heavy atom. The van der Waals surface area contributed by atoms with Gasteiger partial charge in [0.05, 0.1) is 19.3 Å². The number of nitrogens with zero attached hydrogens (tertiary/aromatic N) is 4. The molecule has 0 saturated carbocycles. The van der Waals surface area contributed by atoms with Crippen molar-refractivity contribution in [2.45, 2.75) is 58.4 Å². The largest absolute Gasteiger partial charge is 0.465 e. The van der Waals surface area contributed by atoms with Gasteiger partial charge < -0.3 is 15.0 Å². The van der Waals surface area contributed by atoms with Crippen LogP contribution in [0.5, 0.6) is 0 Å². The number of hydrogen-bond donors (Lipinski definition) is 2. The summed E-state index contributed by atoms with van der Waals surface area (Å²) in [6.07, 6.45) is 15.9. The summed E-state index contributed by atoms with van der Waals surface area (Å²) in [6, 6.07) is 1.94. The van der Waals surface area contributed by atoms with E-state index in [2.05, 4.69) is 57.2 Å². The molecule has 1 saturated heterocycles. The predicted octanol–water partition coefficient (Wildman–Crippen LogP) is 3.34. The van der Waals surface area contributed by atoms with Crippen LogP contribution in [0.25, 0.3) is 0 Å². The number of aromatic amines is 1. The van der Waals surface area contributed by atoms with Gasteiger partial charge in [-0.25, -0.2) is 4.98 Å². The van der Waals surface area contributed by atoms with Gasteiger partial charge in [-0.1, -0.05) is 29.9 Å². The first-order valence-electron chi connectivity index (χ1n) is 13.2. The molecule has 0 bridgehead atoms. The Morgan fingerprint density at radius 3 is 2.70 bits per heavy atom. The van der Waals surface area contributed by atoms with Crippen molar-refractivity contribution in [3.8, 4) is 6.07 Å². The van der Waals surface area contributed by atoms with E-state index in [0.717, 1.165) is 45.4 Å². The van der Waals surface area contributed by atoms with Gasteiger partial charge in [0.2, 0.25) is 0 Å². The summed E-state index contributed by atoms with van der Waals surface area (Å²) in [5.41, 5.74) is 2.74. The number of nitrogens with one attached hydrogen (secondary N) is 2. The molecule has 0 atom stereocenters. The summed E-state index contributed by atoms with van der Waals surface area (Å²) in [7, 11) is 0. The van der Waals surface area contributed by atoms with Gasteiger partial charge in [-0.05, 0) is 58.4 Å². The molecule has 9 nitrogen and oxygen atoms in total. The van der Waals surface area contributed by atoms with E-state index in [4.69, 9.17) is 10.00 Å². The molecule has 200 valence electrons. The number of H-pyrrole nitrogens is 1. The van der Waals surface area contributed by atoms with Crippen molar-refractivity contribution < 1.29 is 14.3 Å². The van der Waals surface area contributed by atoms with E-state index in [1.165, 1.54) is 30.2 Å². The normalized spacial score (nSPS) is 17.9. The van der Waals surface area contributed by atoms with Gasteiger partial charge in [0.15, 0.2) is 5.82 Å². The second-order valence-corrected chi connectivity index (χ2v) is 9.97. The van der Waals surface area contributed by atoms with Crippen molar-refractivity contribution in [3.63, 3.8) is 0 Å². The number of ether oxygens (including phenoxy) is 1. The molecule has 1 aliphatic carbocycles. The first-order valence-corrected chi connectivity index (χ1v) is 13.2. The van der Waals surface area contributed by atoms with Gasteiger partial charge in [-0.2, -0.15) is 5.26 Å². The molecule has 2 N–H and O–H groups in total. The lowest BCUT2D eigenvalue weighted by atomic mass is 9.88. The van der Waals surface area contributed by atoms with Crippen molar-refractivity contribution in [1.29, 1.82) is 5.26 Å². The molecule has 0 radical (unpaired) electrons. The number of nitriles is 1. The average molecular weight is 509 g/mol. The Balaban J connectivity index is 1.64. The summed E-state index contributed by atoms with van der Waals surface area (Å²) in [6.45, 7) is 10.8. The fourth-order valence-electron chi connectivity index (χ4n) is 4.80. The molecule has 0 aromatic carbocycles. The zero-order valence-electron chi connectivity index (χ0n) is 22.4. The number of rotatable bonds is 11. The SMILES string of the molecule is CCOC(=O)CN1CCN(C(C)(C)C(/C=C\CNC(=O)c2ncc(C#N)[nH]2)=C/CC2=CCCCC2)CC1. The van der Waals surface area contributed by atoms with Crippen LogP contribution in [0.15, 0.2) is 41.6 Å². The third-order valence-electron chi connectivity index (χ3n) is 7.09. The highest BCUT2D eigenvalue weighted by Gasteiger charge is 2.32. The van der Waals surface area contributed by atoms with Crippen LogP contribution in [-0.2, 0) is 9.53 Å². The maximum absolute atomic E-state index is 12.3. The van der Waals surface area contributed by atoms with Crippen LogP contribution in [0.3, 0.4) is 0 Å². The number of aromatic nitrogens is 2. The highest BCUT2D eigenvalue weighted by molar-refractivity contribution is 5.90. The lowest BCUT2D eigenvalue weighted by molar-refractivity contribution is -0.145. The highest BCUT2D eigenvalue weighted by atomic mass is 16.5. The minimum absolute atomic E-state index is 0.131. The van der Waals surface area contributed by atoms with E-state index in [9.17, 15) is 9.59 Å². The molecule has 1 aliphatic heterocycles. The first-order chi connectivity index (χ1) is 17.8. The number of piperazine rings is 1. The minimum atomic E-state index is -0.346. The number of esters is 1. The molecule has 1 amide bonds. The number of imidazole rings is 1. The molecule has 1 aromatic rings. The monoisotopic (exact) mass is 508 g/mol. The lowest BCUT2D eigenvalue weighted by Gasteiger charge is -2.44. The van der Waals surface area contributed by atoms with Crippen LogP contribution in [0.4, 0.5) is 0 Å². The van der Waals surface area contributed by atoms with E-state index in [1.54, 1.807) is 0 Å². The standard InChI is InChI=1S/C28H40N6O3/c1-4-37-25(35)21-33-15-17-34(18-16-33)28(2,3)23(13-12-22-9-6-5-7-10-22)11-8-14-30-27(36)26-31-20-24(19-29)32-26/h8-9,11,13,20H,4-7,10,12,14-18,21H2,1-3H3,(H,30,36)(H,31,32)/b11-8-,23-13+. The molecule has 9 heteroatoms. The number of allylic oxidation sites excluding steroid dienone is 3. The Bertz CT molecular complexity index is 1050. The molecule has 0 unspecified atom stereocenters. The number of carbonyl (C=O) groups is 2. The van der Waals surface area contributed by atoms with E-state index < -0.39 is 0 Å². The van der Waals surface area contributed by atoms with Crippen LogP contribution in [0.1, 0.15) is 69.2 Å². The van der Waals surface area contributed by atoms with Crippen molar-refractivity contribution >= 4 is 11.9 Å². The zero-order valence-corrected chi connectivity index (χ0v) is 22.4. The summed E-state index contributed by atoms with van der Waals surface area (Å²) < 4.78 is 5.11. The van der Waals surface area contributed by atoms with Gasteiger partial charge >= 0.3 is 5.97 Å². The summed E-state index contributed by atoms with van der Waals surface area (Å²) in [5.74, 6) is -0.382. The van der Waals surface area contributed by atoms with Gasteiger partial charge in [0, 0.05) is 38.3 Å². The number of amides is 1. The van der Waals surface area contributed by atoms with Crippen LogP contribution in [0, 0.1) is 11.3 Å². The Morgan fingerprint density at radius 2 is 2.05 bits per heavy atom. The Labute approximate surface area is 220 Å². The average Bonchev–Trinajstić information content (AvgIpc) is 3.38. The van der Waals surface area contributed by atoms with Crippen LogP contribution in [-0.4, -0.2) is 83.1 Å². The van der Waals surface area contributed by atoms with E-state index in [0.29, 0.717) is 19.7 Å². The zero-order chi connectivity index (χ0) is 26.7. The Hall–Kier alpha value is -3.22. The maximum Gasteiger partial charge on any atom is 0.320 e. The summed E-state index contributed by atoms with van der Waals surface area (Å²) >= 11 is 0. The van der Waals surface area contributed by atoms with E-state index >= 15 is 0 Å². The van der Waals surface area contributed by atoms with Gasteiger partial charge in [-0.15, -0.1) is 0 Å². The molecular weight excluding hydrogens is 468 g/mol. The van der Waals surface area contributed by atoms with Gasteiger partial charge in [-0.3, -0.25) is 19.4 Å². The molecule has 1 fully saturated rings. The predicted molar refractivity (Wildman–Crippen MR) is 143 cm³/mol. The van der Waals surface area contributed by atoms with Crippen molar-refractivity contribution in [3.05, 3.63) is 53.2 Å². The highest BCUT2D eigenvalue weighted by Crippen LogP contribution is 2.29. The fraction of sp³-hybridized carbons (Fsp3) is 0.571. The second-order valence-electron chi connectivity index (χ2n) is 9.97. The molecular formula is C28H40N6O3. The third-order valence-corrected chi connectivity index (χ3v) is 7.09. The third kappa shape index (κ3) is 8.41.